The molecule has 1 N–H and O–H groups in total. The molecule has 1 aromatic rings. The SMILES string of the molecule is Cl.Cl.O=C1O[C@@H](CCN2CCN(c3cccc(Cl)c3)CC2)CC12CCNCC2. The van der Waals surface area contributed by atoms with Crippen molar-refractivity contribution in [3.8, 4) is 0 Å². The van der Waals surface area contributed by atoms with Crippen LogP contribution in [0.3, 0.4) is 0 Å². The van der Waals surface area contributed by atoms with E-state index in [1.54, 1.807) is 0 Å². The second kappa shape index (κ2) is 10.4. The van der Waals surface area contributed by atoms with Gasteiger partial charge in [-0.05, 0) is 50.6 Å². The Kier molecular flexibility index (Phi) is 8.71. The van der Waals surface area contributed by atoms with Crippen molar-refractivity contribution in [2.75, 3.05) is 50.7 Å². The average molecular weight is 451 g/mol. The Balaban J connectivity index is 0.00000140. The summed E-state index contributed by atoms with van der Waals surface area (Å²) in [6, 6.07) is 8.08. The summed E-state index contributed by atoms with van der Waals surface area (Å²) in [6.07, 6.45) is 3.83. The number of cyclic esters (lactones) is 1. The average Bonchev–Trinajstić information content (AvgIpc) is 2.96. The predicted octanol–water partition coefficient (Wildman–Crippen LogP) is 3.38. The highest BCUT2D eigenvalue weighted by molar-refractivity contribution is 6.30. The molecule has 5 nitrogen and oxygen atoms in total. The Morgan fingerprint density at radius 3 is 2.54 bits per heavy atom. The van der Waals surface area contributed by atoms with Crippen LogP contribution in [0.4, 0.5) is 5.69 Å². The molecule has 0 aliphatic carbocycles. The summed E-state index contributed by atoms with van der Waals surface area (Å²) in [5.41, 5.74) is 1.01. The molecular weight excluding hydrogens is 421 g/mol. The topological polar surface area (TPSA) is 44.8 Å². The van der Waals surface area contributed by atoms with Crippen molar-refractivity contribution >= 4 is 48.1 Å². The molecule has 3 heterocycles. The first-order valence-electron chi connectivity index (χ1n) is 9.79. The Hall–Kier alpha value is -0.720. The number of ether oxygens (including phenoxy) is 1. The van der Waals surface area contributed by atoms with E-state index >= 15 is 0 Å². The molecule has 0 unspecified atom stereocenters. The lowest BCUT2D eigenvalue weighted by Crippen LogP contribution is -2.47. The standard InChI is InChI=1S/C20H28ClN3O2.2ClH/c21-16-2-1-3-17(14-16)24-12-10-23(11-13-24)9-4-18-15-20(19(25)26-18)5-7-22-8-6-20;;/h1-3,14,18,22H,4-13,15H2;2*1H/t18-;;/m0../s1. The van der Waals surface area contributed by atoms with Crippen LogP contribution < -0.4 is 10.2 Å². The fraction of sp³-hybridized carbons (Fsp3) is 0.650. The Morgan fingerprint density at radius 2 is 1.86 bits per heavy atom. The zero-order valence-corrected chi connectivity index (χ0v) is 18.5. The smallest absolute Gasteiger partial charge is 0.312 e. The number of carbonyl (C=O) groups excluding carboxylic acids is 1. The van der Waals surface area contributed by atoms with E-state index in [4.69, 9.17) is 16.3 Å². The summed E-state index contributed by atoms with van der Waals surface area (Å²) in [6.45, 7) is 7.00. The summed E-state index contributed by atoms with van der Waals surface area (Å²) >= 11 is 6.11. The number of piperazine rings is 1. The molecule has 1 aromatic carbocycles. The van der Waals surface area contributed by atoms with Crippen molar-refractivity contribution in [2.24, 2.45) is 5.41 Å². The highest BCUT2D eigenvalue weighted by Gasteiger charge is 2.49. The molecule has 0 saturated carbocycles. The van der Waals surface area contributed by atoms with Crippen LogP contribution in [0.15, 0.2) is 24.3 Å². The van der Waals surface area contributed by atoms with Crippen molar-refractivity contribution in [3.05, 3.63) is 29.3 Å². The zero-order chi connectivity index (χ0) is 18.0. The number of carbonyl (C=O) groups is 1. The van der Waals surface area contributed by atoms with Gasteiger partial charge in [-0.15, -0.1) is 24.8 Å². The highest BCUT2D eigenvalue weighted by atomic mass is 35.5. The minimum absolute atomic E-state index is 0. The molecular formula is C20H30Cl3N3O2. The lowest BCUT2D eigenvalue weighted by atomic mass is 9.76. The van der Waals surface area contributed by atoms with E-state index in [-0.39, 0.29) is 42.3 Å². The number of rotatable bonds is 4. The number of piperidine rings is 1. The minimum Gasteiger partial charge on any atom is -0.462 e. The maximum absolute atomic E-state index is 12.4. The van der Waals surface area contributed by atoms with Crippen LogP contribution in [0.5, 0.6) is 0 Å². The van der Waals surface area contributed by atoms with E-state index in [2.05, 4.69) is 21.2 Å². The number of esters is 1. The first-order valence-corrected chi connectivity index (χ1v) is 10.2. The first-order chi connectivity index (χ1) is 12.6. The number of hydrogen-bond donors (Lipinski definition) is 1. The monoisotopic (exact) mass is 449 g/mol. The van der Waals surface area contributed by atoms with Crippen LogP contribution in [0.25, 0.3) is 0 Å². The van der Waals surface area contributed by atoms with Gasteiger partial charge in [0.15, 0.2) is 0 Å². The summed E-state index contributed by atoms with van der Waals surface area (Å²) in [4.78, 5) is 17.2. The van der Waals surface area contributed by atoms with E-state index in [1.807, 2.05) is 18.2 Å². The highest BCUT2D eigenvalue weighted by Crippen LogP contribution is 2.42. The number of nitrogens with zero attached hydrogens (tertiary/aromatic N) is 2. The minimum atomic E-state index is -0.193. The van der Waals surface area contributed by atoms with E-state index in [0.29, 0.717) is 0 Å². The molecule has 4 rings (SSSR count). The fourth-order valence-corrected chi connectivity index (χ4v) is 4.73. The summed E-state index contributed by atoms with van der Waals surface area (Å²) in [5, 5.41) is 4.14. The fourth-order valence-electron chi connectivity index (χ4n) is 4.54. The normalized spacial score (nSPS) is 24.4. The molecule has 1 atom stereocenters. The number of benzene rings is 1. The van der Waals surface area contributed by atoms with E-state index in [0.717, 1.165) is 76.5 Å². The summed E-state index contributed by atoms with van der Waals surface area (Å²) < 4.78 is 5.73. The summed E-state index contributed by atoms with van der Waals surface area (Å²) in [7, 11) is 0. The number of anilines is 1. The van der Waals surface area contributed by atoms with Gasteiger partial charge in [0.2, 0.25) is 0 Å². The first kappa shape index (κ1) is 23.6. The van der Waals surface area contributed by atoms with Crippen LogP contribution in [0.2, 0.25) is 5.02 Å². The van der Waals surface area contributed by atoms with Gasteiger partial charge >= 0.3 is 5.97 Å². The van der Waals surface area contributed by atoms with Crippen molar-refractivity contribution in [1.29, 1.82) is 0 Å². The lowest BCUT2D eigenvalue weighted by Gasteiger charge is -2.36. The van der Waals surface area contributed by atoms with Gasteiger partial charge in [-0.25, -0.2) is 0 Å². The molecule has 3 aliphatic heterocycles. The van der Waals surface area contributed by atoms with E-state index < -0.39 is 0 Å². The van der Waals surface area contributed by atoms with Gasteiger partial charge in [0, 0.05) is 49.9 Å². The van der Waals surface area contributed by atoms with Gasteiger partial charge in [-0.2, -0.15) is 0 Å². The third-order valence-electron chi connectivity index (χ3n) is 6.20. The molecule has 8 heteroatoms. The van der Waals surface area contributed by atoms with Crippen LogP contribution >= 0.6 is 36.4 Å². The Morgan fingerprint density at radius 1 is 1.14 bits per heavy atom. The Labute approximate surface area is 184 Å². The predicted molar refractivity (Wildman–Crippen MR) is 118 cm³/mol. The van der Waals surface area contributed by atoms with Gasteiger partial charge in [0.05, 0.1) is 5.41 Å². The molecule has 0 amide bonds. The van der Waals surface area contributed by atoms with Gasteiger partial charge in [-0.1, -0.05) is 17.7 Å². The quantitative estimate of drug-likeness (QED) is 0.713. The van der Waals surface area contributed by atoms with Crippen LogP contribution in [-0.4, -0.2) is 62.8 Å². The molecule has 0 bridgehead atoms. The molecule has 0 aromatic heterocycles. The number of hydrogen-bond acceptors (Lipinski definition) is 5. The van der Waals surface area contributed by atoms with E-state index in [9.17, 15) is 4.79 Å². The molecule has 3 fully saturated rings. The van der Waals surface area contributed by atoms with E-state index in [1.165, 1.54) is 5.69 Å². The van der Waals surface area contributed by atoms with Crippen molar-refractivity contribution < 1.29 is 9.53 Å². The lowest BCUT2D eigenvalue weighted by molar-refractivity contribution is -0.150. The van der Waals surface area contributed by atoms with Crippen LogP contribution in [0, 0.1) is 5.41 Å². The van der Waals surface area contributed by atoms with Crippen molar-refractivity contribution in [3.63, 3.8) is 0 Å². The molecule has 158 valence electrons. The van der Waals surface area contributed by atoms with Gasteiger partial charge in [-0.3, -0.25) is 9.69 Å². The largest absolute Gasteiger partial charge is 0.462 e. The zero-order valence-electron chi connectivity index (χ0n) is 16.1. The molecule has 1 spiro atoms. The molecule has 0 radical (unpaired) electrons. The van der Waals surface area contributed by atoms with Crippen LogP contribution in [-0.2, 0) is 9.53 Å². The van der Waals surface area contributed by atoms with Gasteiger partial charge in [0.25, 0.3) is 0 Å². The number of halogens is 3. The number of nitrogens with one attached hydrogen (secondary N) is 1. The maximum Gasteiger partial charge on any atom is 0.312 e. The molecule has 28 heavy (non-hydrogen) atoms. The van der Waals surface area contributed by atoms with Crippen molar-refractivity contribution in [1.82, 2.24) is 10.2 Å². The van der Waals surface area contributed by atoms with Gasteiger partial charge in [0.1, 0.15) is 6.10 Å². The van der Waals surface area contributed by atoms with Crippen molar-refractivity contribution in [2.45, 2.75) is 31.8 Å². The second-order valence-electron chi connectivity index (χ2n) is 7.86. The maximum atomic E-state index is 12.4. The summed E-state index contributed by atoms with van der Waals surface area (Å²) in [5.74, 6) is 0.0507. The molecule has 3 aliphatic rings. The second-order valence-corrected chi connectivity index (χ2v) is 8.30. The van der Waals surface area contributed by atoms with Gasteiger partial charge < -0.3 is 15.0 Å². The third-order valence-corrected chi connectivity index (χ3v) is 6.43. The third kappa shape index (κ3) is 5.25. The van der Waals surface area contributed by atoms with Crippen LogP contribution in [0.1, 0.15) is 25.7 Å². The molecule has 3 saturated heterocycles. The Bertz CT molecular complexity index is 647.